The highest BCUT2D eigenvalue weighted by Gasteiger charge is 2.41. The zero-order valence-corrected chi connectivity index (χ0v) is 20.6. The highest BCUT2D eigenvalue weighted by molar-refractivity contribution is 8.18. The summed E-state index contributed by atoms with van der Waals surface area (Å²) in [5, 5.41) is 2.93. The van der Waals surface area contributed by atoms with Crippen molar-refractivity contribution in [1.82, 2.24) is 4.90 Å². The van der Waals surface area contributed by atoms with Gasteiger partial charge in [0.15, 0.2) is 5.17 Å². The maximum atomic E-state index is 13.8. The van der Waals surface area contributed by atoms with Crippen molar-refractivity contribution < 1.29 is 9.53 Å². The summed E-state index contributed by atoms with van der Waals surface area (Å²) in [7, 11) is 0. The molecule has 1 aliphatic carbocycles. The Balaban J connectivity index is 1.57. The Hall–Kier alpha value is -3.05. The van der Waals surface area contributed by atoms with E-state index in [0.717, 1.165) is 57.1 Å². The van der Waals surface area contributed by atoms with Crippen molar-refractivity contribution in [2.75, 3.05) is 6.61 Å². The molecule has 3 aromatic carbocycles. The van der Waals surface area contributed by atoms with Crippen LogP contribution in [0.1, 0.15) is 45.1 Å². The number of fused-ring (bicyclic) bond motifs is 1. The number of ether oxygens (including phenoxy) is 1. The Labute approximate surface area is 205 Å². The molecule has 34 heavy (non-hydrogen) atoms. The number of benzene rings is 3. The molecule has 1 saturated heterocycles. The van der Waals surface area contributed by atoms with Crippen LogP contribution in [-0.2, 0) is 4.79 Å². The minimum absolute atomic E-state index is 0.0661. The lowest BCUT2D eigenvalue weighted by atomic mass is 9.85. The van der Waals surface area contributed by atoms with Gasteiger partial charge in [-0.1, -0.05) is 68.3 Å². The first-order valence-corrected chi connectivity index (χ1v) is 13.0. The average molecular weight is 471 g/mol. The molecule has 0 bridgehead atoms. The largest absolute Gasteiger partial charge is 0.493 e. The van der Waals surface area contributed by atoms with Gasteiger partial charge < -0.3 is 4.74 Å². The van der Waals surface area contributed by atoms with Crippen molar-refractivity contribution in [2.24, 2.45) is 10.9 Å². The van der Waals surface area contributed by atoms with Gasteiger partial charge in [-0.25, -0.2) is 4.99 Å². The van der Waals surface area contributed by atoms with Crippen molar-refractivity contribution in [3.63, 3.8) is 0 Å². The summed E-state index contributed by atoms with van der Waals surface area (Å²) in [4.78, 5) is 21.4. The predicted molar refractivity (Wildman–Crippen MR) is 142 cm³/mol. The fraction of sp³-hybridized carbons (Fsp3) is 0.310. The van der Waals surface area contributed by atoms with Gasteiger partial charge >= 0.3 is 0 Å². The molecule has 2 aliphatic rings. The Bertz CT molecular complexity index is 1250. The van der Waals surface area contributed by atoms with Crippen LogP contribution in [0.4, 0.5) is 5.69 Å². The summed E-state index contributed by atoms with van der Waals surface area (Å²) >= 11 is 1.49. The molecule has 1 amide bonds. The molecule has 0 spiro atoms. The van der Waals surface area contributed by atoms with Gasteiger partial charge in [-0.3, -0.25) is 9.69 Å². The third kappa shape index (κ3) is 4.49. The van der Waals surface area contributed by atoms with Gasteiger partial charge in [0.25, 0.3) is 5.91 Å². The molecule has 1 aliphatic heterocycles. The van der Waals surface area contributed by atoms with Gasteiger partial charge in [0.1, 0.15) is 5.75 Å². The van der Waals surface area contributed by atoms with E-state index < -0.39 is 0 Å². The summed E-state index contributed by atoms with van der Waals surface area (Å²) in [6, 6.07) is 22.4. The van der Waals surface area contributed by atoms with Crippen molar-refractivity contribution in [3.05, 3.63) is 77.2 Å². The minimum atomic E-state index is 0.0661. The normalized spacial score (nSPS) is 23.2. The third-order valence-electron chi connectivity index (χ3n) is 6.72. The van der Waals surface area contributed by atoms with Crippen molar-refractivity contribution in [2.45, 2.75) is 45.6 Å². The van der Waals surface area contributed by atoms with Crippen LogP contribution in [0, 0.1) is 5.92 Å². The van der Waals surface area contributed by atoms with Crippen LogP contribution in [-0.4, -0.2) is 28.6 Å². The number of hydrogen-bond donors (Lipinski definition) is 0. The number of aliphatic imine (C=N–C) groups is 1. The van der Waals surface area contributed by atoms with Crippen LogP contribution >= 0.6 is 11.8 Å². The molecule has 0 radical (unpaired) electrons. The molecular formula is C29H30N2O2S. The summed E-state index contributed by atoms with van der Waals surface area (Å²) in [6.07, 6.45) is 6.60. The Morgan fingerprint density at radius 1 is 1.00 bits per heavy atom. The molecule has 0 aromatic heterocycles. The van der Waals surface area contributed by atoms with Crippen molar-refractivity contribution >= 4 is 45.4 Å². The fourth-order valence-corrected chi connectivity index (χ4v) is 6.03. The monoisotopic (exact) mass is 470 g/mol. The van der Waals surface area contributed by atoms with E-state index in [4.69, 9.17) is 9.73 Å². The quantitative estimate of drug-likeness (QED) is 0.364. The summed E-state index contributed by atoms with van der Waals surface area (Å²) in [5.74, 6) is 1.40. The van der Waals surface area contributed by atoms with Gasteiger partial charge in [-0.2, -0.15) is 0 Å². The molecule has 0 N–H and O–H groups in total. The van der Waals surface area contributed by atoms with E-state index in [-0.39, 0.29) is 11.9 Å². The summed E-state index contributed by atoms with van der Waals surface area (Å²) < 4.78 is 5.84. The maximum absolute atomic E-state index is 13.8. The average Bonchev–Trinajstić information content (AvgIpc) is 3.16. The number of amides is 1. The van der Waals surface area contributed by atoms with Gasteiger partial charge in [0.2, 0.25) is 0 Å². The standard InChI is InChI=1S/C29H30N2O2S/c1-3-33-26-18-17-21(23-14-8-9-15-24(23)26)19-27-28(32)31(25-16-10-7-11-20(25)2)29(34-27)30-22-12-5-4-6-13-22/h4-6,8-9,12-15,17-20,25H,3,7,10-11,16H2,1-2H3/b27-19-,30-29?/t20-,25+/m0/s1. The number of nitrogens with zero attached hydrogens (tertiary/aromatic N) is 2. The number of thioether (sulfide) groups is 1. The second-order valence-electron chi connectivity index (χ2n) is 8.98. The number of amidine groups is 1. The summed E-state index contributed by atoms with van der Waals surface area (Å²) in [5.41, 5.74) is 1.89. The number of carbonyl (C=O) groups excluding carboxylic acids is 1. The van der Waals surface area contributed by atoms with E-state index in [1.807, 2.05) is 72.5 Å². The highest BCUT2D eigenvalue weighted by Crippen LogP contribution is 2.41. The number of hydrogen-bond acceptors (Lipinski definition) is 4. The molecule has 1 saturated carbocycles. The molecule has 2 fully saturated rings. The molecule has 5 rings (SSSR count). The Kier molecular flexibility index (Phi) is 6.73. The Morgan fingerprint density at radius 2 is 1.74 bits per heavy atom. The topological polar surface area (TPSA) is 41.9 Å². The lowest BCUT2D eigenvalue weighted by Gasteiger charge is -2.35. The number of carbonyl (C=O) groups is 1. The van der Waals surface area contributed by atoms with E-state index in [0.29, 0.717) is 12.5 Å². The van der Waals surface area contributed by atoms with Crippen LogP contribution < -0.4 is 4.74 Å². The lowest BCUT2D eigenvalue weighted by Crippen LogP contribution is -2.44. The molecule has 3 aromatic rings. The smallest absolute Gasteiger partial charge is 0.267 e. The zero-order valence-electron chi connectivity index (χ0n) is 19.7. The van der Waals surface area contributed by atoms with Crippen LogP contribution in [0.15, 0.2) is 76.6 Å². The molecular weight excluding hydrogens is 440 g/mol. The fourth-order valence-electron chi connectivity index (χ4n) is 4.99. The molecule has 0 unspecified atom stereocenters. The van der Waals surface area contributed by atoms with Crippen LogP contribution in [0.5, 0.6) is 5.75 Å². The van der Waals surface area contributed by atoms with Gasteiger partial charge in [-0.05, 0) is 72.7 Å². The third-order valence-corrected chi connectivity index (χ3v) is 7.70. The van der Waals surface area contributed by atoms with E-state index in [1.165, 1.54) is 18.2 Å². The van der Waals surface area contributed by atoms with Crippen LogP contribution in [0.2, 0.25) is 0 Å². The molecule has 174 valence electrons. The van der Waals surface area contributed by atoms with Crippen molar-refractivity contribution in [3.8, 4) is 5.75 Å². The van der Waals surface area contributed by atoms with Gasteiger partial charge in [0, 0.05) is 11.4 Å². The molecule has 4 nitrogen and oxygen atoms in total. The van der Waals surface area contributed by atoms with E-state index in [9.17, 15) is 4.79 Å². The zero-order chi connectivity index (χ0) is 23.5. The minimum Gasteiger partial charge on any atom is -0.493 e. The first kappa shape index (κ1) is 22.7. The second-order valence-corrected chi connectivity index (χ2v) is 9.99. The first-order valence-electron chi connectivity index (χ1n) is 12.2. The van der Waals surface area contributed by atoms with Crippen LogP contribution in [0.25, 0.3) is 16.8 Å². The lowest BCUT2D eigenvalue weighted by molar-refractivity contribution is -0.124. The molecule has 1 heterocycles. The SMILES string of the molecule is CCOc1ccc(/C=C2\SC(=Nc3ccccc3)N([C@@H]3CCCC[C@@H]3C)C2=O)c2ccccc12. The second kappa shape index (κ2) is 10.1. The van der Waals surface area contributed by atoms with Crippen LogP contribution in [0.3, 0.4) is 0 Å². The van der Waals surface area contributed by atoms with E-state index in [1.54, 1.807) is 0 Å². The first-order chi connectivity index (χ1) is 16.7. The van der Waals surface area contributed by atoms with Crippen molar-refractivity contribution in [1.29, 1.82) is 0 Å². The van der Waals surface area contributed by atoms with Gasteiger partial charge in [0.05, 0.1) is 17.2 Å². The summed E-state index contributed by atoms with van der Waals surface area (Å²) in [6.45, 7) is 4.88. The Morgan fingerprint density at radius 3 is 2.50 bits per heavy atom. The maximum Gasteiger partial charge on any atom is 0.267 e. The number of rotatable bonds is 5. The number of para-hydroxylation sites is 1. The molecule has 5 heteroatoms. The predicted octanol–water partition coefficient (Wildman–Crippen LogP) is 7.42. The van der Waals surface area contributed by atoms with Gasteiger partial charge in [-0.15, -0.1) is 0 Å². The van der Waals surface area contributed by atoms with E-state index in [2.05, 4.69) is 19.1 Å². The molecule has 2 atom stereocenters. The highest BCUT2D eigenvalue weighted by atomic mass is 32.2. The van der Waals surface area contributed by atoms with E-state index >= 15 is 0 Å².